The van der Waals surface area contributed by atoms with Crippen LogP contribution in [0.3, 0.4) is 0 Å². The highest BCUT2D eigenvalue weighted by Gasteiger charge is 2.12. The molecule has 3 heteroatoms. The molecule has 18 heavy (non-hydrogen) atoms. The summed E-state index contributed by atoms with van der Waals surface area (Å²) in [6.45, 7) is 8.44. The first kappa shape index (κ1) is 16.6. The van der Waals surface area contributed by atoms with Crippen LogP contribution in [0.25, 0.3) is 0 Å². The lowest BCUT2D eigenvalue weighted by Gasteiger charge is -2.12. The first-order valence-electron chi connectivity index (χ1n) is 5.79. The molecule has 0 amide bonds. The highest BCUT2D eigenvalue weighted by Crippen LogP contribution is 2.27. The Morgan fingerprint density at radius 1 is 1.11 bits per heavy atom. The summed E-state index contributed by atoms with van der Waals surface area (Å²) in [5.74, 6) is 0.927. The number of rotatable bonds is 3. The summed E-state index contributed by atoms with van der Waals surface area (Å²) < 4.78 is 7.53. The zero-order valence-electron chi connectivity index (χ0n) is 11.0. The van der Waals surface area contributed by atoms with Gasteiger partial charge in [0, 0.05) is 18.0 Å². The minimum Gasteiger partial charge on any atom is -0.497 e. The molecule has 1 fully saturated rings. The van der Waals surface area contributed by atoms with Crippen molar-refractivity contribution in [2.24, 2.45) is 0 Å². The van der Waals surface area contributed by atoms with Crippen molar-refractivity contribution in [3.8, 4) is 18.6 Å². The largest absolute Gasteiger partial charge is 0.497 e. The van der Waals surface area contributed by atoms with Crippen LogP contribution in [0.1, 0.15) is 12.8 Å². The van der Waals surface area contributed by atoms with E-state index in [2.05, 4.69) is 42.4 Å². The molecule has 1 aliphatic heterocycles. The molecule has 1 aromatic rings. The molecule has 1 saturated heterocycles. The molecule has 0 saturated carbocycles. The Hall–Kier alpha value is -1.37. The van der Waals surface area contributed by atoms with E-state index in [0.29, 0.717) is 0 Å². The molecule has 0 radical (unpaired) electrons. The Bertz CT molecular complexity index is 328. The predicted molar refractivity (Wildman–Crippen MR) is 80.8 cm³/mol. The number of hydrogen-bond donors (Lipinski definition) is 0. The molecule has 2 rings (SSSR count). The maximum Gasteiger partial charge on any atom is 0.118 e. The van der Waals surface area contributed by atoms with E-state index in [1.807, 2.05) is 24.1 Å². The molecule has 0 atom stereocenters. The molecule has 0 bridgehead atoms. The smallest absolute Gasteiger partial charge is 0.118 e. The molecular weight excluding hydrogens is 242 g/mol. The topological polar surface area (TPSA) is 12.5 Å². The van der Waals surface area contributed by atoms with Gasteiger partial charge in [0.15, 0.2) is 0 Å². The monoisotopic (exact) mass is 263 g/mol. The Morgan fingerprint density at radius 2 is 1.61 bits per heavy atom. The van der Waals surface area contributed by atoms with Gasteiger partial charge in [0.1, 0.15) is 5.75 Å². The van der Waals surface area contributed by atoms with Crippen molar-refractivity contribution in [3.05, 3.63) is 37.4 Å². The SMILES string of the molecule is C#C.C=C.COc1ccc(SN2CCCC2)cc1. The fourth-order valence-electron chi connectivity index (χ4n) is 1.57. The van der Waals surface area contributed by atoms with Gasteiger partial charge in [-0.1, -0.05) is 0 Å². The summed E-state index contributed by atoms with van der Waals surface area (Å²) in [6, 6.07) is 8.25. The summed E-state index contributed by atoms with van der Waals surface area (Å²) in [5, 5.41) is 0. The summed E-state index contributed by atoms with van der Waals surface area (Å²) in [5.41, 5.74) is 0. The number of methoxy groups -OCH3 is 1. The zero-order valence-corrected chi connectivity index (χ0v) is 11.8. The molecule has 1 aromatic carbocycles. The normalized spacial score (nSPS) is 13.7. The molecule has 0 spiro atoms. The minimum absolute atomic E-state index is 0.927. The van der Waals surface area contributed by atoms with E-state index in [1.165, 1.54) is 30.8 Å². The van der Waals surface area contributed by atoms with Crippen LogP contribution < -0.4 is 4.74 Å². The lowest BCUT2D eigenvalue weighted by molar-refractivity contribution is 0.414. The molecule has 0 aliphatic carbocycles. The predicted octanol–water partition coefficient (Wildman–Crippen LogP) is 3.85. The first-order chi connectivity index (χ1) is 8.88. The van der Waals surface area contributed by atoms with E-state index < -0.39 is 0 Å². The third kappa shape index (κ3) is 5.81. The molecule has 0 unspecified atom stereocenters. The van der Waals surface area contributed by atoms with Crippen LogP contribution in [-0.2, 0) is 0 Å². The van der Waals surface area contributed by atoms with Crippen molar-refractivity contribution >= 4 is 11.9 Å². The quantitative estimate of drug-likeness (QED) is 0.467. The van der Waals surface area contributed by atoms with E-state index in [1.54, 1.807) is 7.11 Å². The van der Waals surface area contributed by atoms with Crippen LogP contribution in [0.15, 0.2) is 42.3 Å². The van der Waals surface area contributed by atoms with Crippen molar-refractivity contribution in [2.45, 2.75) is 17.7 Å². The van der Waals surface area contributed by atoms with Crippen molar-refractivity contribution in [3.63, 3.8) is 0 Å². The Labute approximate surface area is 115 Å². The maximum atomic E-state index is 5.12. The van der Waals surface area contributed by atoms with E-state index in [0.717, 1.165) is 5.75 Å². The van der Waals surface area contributed by atoms with Crippen LogP contribution >= 0.6 is 11.9 Å². The number of nitrogens with zero attached hydrogens (tertiary/aromatic N) is 1. The van der Waals surface area contributed by atoms with Gasteiger partial charge in [0.2, 0.25) is 0 Å². The Kier molecular flexibility index (Phi) is 9.94. The van der Waals surface area contributed by atoms with Crippen molar-refractivity contribution in [1.82, 2.24) is 4.31 Å². The highest BCUT2D eigenvalue weighted by atomic mass is 32.2. The lowest BCUT2D eigenvalue weighted by Crippen LogP contribution is -2.08. The fourth-order valence-corrected chi connectivity index (χ4v) is 2.56. The van der Waals surface area contributed by atoms with Crippen molar-refractivity contribution in [2.75, 3.05) is 20.2 Å². The average Bonchev–Trinajstić information content (AvgIpc) is 2.97. The van der Waals surface area contributed by atoms with Crippen LogP contribution in [0.2, 0.25) is 0 Å². The molecule has 0 aromatic heterocycles. The van der Waals surface area contributed by atoms with Gasteiger partial charge in [0.05, 0.1) is 7.11 Å². The average molecular weight is 263 g/mol. The molecule has 1 aliphatic rings. The van der Waals surface area contributed by atoms with Gasteiger partial charge in [-0.3, -0.25) is 0 Å². The van der Waals surface area contributed by atoms with E-state index in [4.69, 9.17) is 4.74 Å². The third-order valence-corrected chi connectivity index (χ3v) is 3.47. The summed E-state index contributed by atoms with van der Waals surface area (Å²) in [4.78, 5) is 1.30. The zero-order chi connectivity index (χ0) is 13.8. The lowest BCUT2D eigenvalue weighted by atomic mass is 10.3. The van der Waals surface area contributed by atoms with Gasteiger partial charge in [0.25, 0.3) is 0 Å². The van der Waals surface area contributed by atoms with E-state index in [9.17, 15) is 0 Å². The number of hydrogen-bond acceptors (Lipinski definition) is 3. The minimum atomic E-state index is 0.927. The second-order valence-electron chi connectivity index (χ2n) is 3.40. The van der Waals surface area contributed by atoms with E-state index in [-0.39, 0.29) is 0 Å². The van der Waals surface area contributed by atoms with Crippen molar-refractivity contribution < 1.29 is 4.74 Å². The van der Waals surface area contributed by atoms with Crippen LogP contribution in [-0.4, -0.2) is 24.5 Å². The van der Waals surface area contributed by atoms with Crippen LogP contribution in [0.4, 0.5) is 0 Å². The maximum absolute atomic E-state index is 5.12. The van der Waals surface area contributed by atoms with Gasteiger partial charge < -0.3 is 4.74 Å². The second-order valence-corrected chi connectivity index (χ2v) is 4.57. The van der Waals surface area contributed by atoms with Gasteiger partial charge >= 0.3 is 0 Å². The molecule has 2 nitrogen and oxygen atoms in total. The number of benzene rings is 1. The molecule has 0 N–H and O–H groups in total. The molecule has 1 heterocycles. The third-order valence-electron chi connectivity index (χ3n) is 2.36. The van der Waals surface area contributed by atoms with Gasteiger partial charge in [-0.25, -0.2) is 4.31 Å². The number of terminal acetylenes is 1. The highest BCUT2D eigenvalue weighted by molar-refractivity contribution is 7.97. The first-order valence-corrected chi connectivity index (χ1v) is 6.56. The summed E-state index contributed by atoms with van der Waals surface area (Å²) in [6.07, 6.45) is 10.7. The second kappa shape index (κ2) is 10.8. The molecule has 98 valence electrons. The Balaban J connectivity index is 0.000000659. The van der Waals surface area contributed by atoms with Crippen LogP contribution in [0.5, 0.6) is 5.75 Å². The Morgan fingerprint density at radius 3 is 2.06 bits per heavy atom. The van der Waals surface area contributed by atoms with Gasteiger partial charge in [-0.15, -0.1) is 26.0 Å². The fraction of sp³-hybridized carbons (Fsp3) is 0.333. The van der Waals surface area contributed by atoms with E-state index >= 15 is 0 Å². The summed E-state index contributed by atoms with van der Waals surface area (Å²) >= 11 is 1.85. The molecular formula is C15H21NOS. The van der Waals surface area contributed by atoms with Crippen molar-refractivity contribution in [1.29, 1.82) is 0 Å². The number of ether oxygens (including phenoxy) is 1. The van der Waals surface area contributed by atoms with Gasteiger partial charge in [-0.2, -0.15) is 0 Å². The van der Waals surface area contributed by atoms with Crippen LogP contribution in [0, 0.1) is 12.8 Å². The van der Waals surface area contributed by atoms with Gasteiger partial charge in [-0.05, 0) is 49.1 Å². The summed E-state index contributed by atoms with van der Waals surface area (Å²) in [7, 11) is 1.70. The standard InChI is InChI=1S/C11H15NOS.C2H4.C2H2/c1-13-10-4-6-11(7-5-10)14-12-8-2-3-9-12;2*1-2/h4-7H,2-3,8-9H2,1H3;1-2H2;1-2H.